The Morgan fingerprint density at radius 3 is 0.788 bits per heavy atom. The van der Waals surface area contributed by atoms with Crippen molar-refractivity contribution in [3.05, 3.63) is 0 Å². The largest absolute Gasteiger partial charge is 0.462 e. The molecule has 0 aromatic heterocycles. The normalized spacial score (nSPS) is 12.5. The molecule has 392 valence electrons. The molecule has 6 nitrogen and oxygen atoms in total. The lowest BCUT2D eigenvalue weighted by atomic mass is 9.99. The Balaban J connectivity index is 4.26. The fraction of sp³-hybridized carbons (Fsp3) is 0.950. The first-order valence-electron chi connectivity index (χ1n) is 29.6. The molecule has 6 heteroatoms. The maximum absolute atomic E-state index is 12.9. The van der Waals surface area contributed by atoms with Crippen LogP contribution in [0.4, 0.5) is 0 Å². The molecular formula is C60H116O6. The minimum absolute atomic E-state index is 0.0636. The summed E-state index contributed by atoms with van der Waals surface area (Å²) in [4.78, 5) is 38.1. The number of ether oxygens (including phenoxy) is 3. The zero-order chi connectivity index (χ0) is 48.4. The number of esters is 3. The van der Waals surface area contributed by atoms with Gasteiger partial charge in [0, 0.05) is 19.3 Å². The van der Waals surface area contributed by atoms with Crippen LogP contribution in [0.3, 0.4) is 0 Å². The van der Waals surface area contributed by atoms with Crippen molar-refractivity contribution in [2.24, 2.45) is 17.8 Å². The highest BCUT2D eigenvalue weighted by atomic mass is 16.6. The summed E-state index contributed by atoms with van der Waals surface area (Å²) in [6.07, 6.45) is 53.8. The van der Waals surface area contributed by atoms with Gasteiger partial charge in [-0.1, -0.05) is 292 Å². The van der Waals surface area contributed by atoms with Crippen molar-refractivity contribution in [2.45, 2.75) is 337 Å². The number of carbonyl (C=O) groups is 3. The molecule has 66 heavy (non-hydrogen) atoms. The monoisotopic (exact) mass is 933 g/mol. The van der Waals surface area contributed by atoms with Gasteiger partial charge in [0.1, 0.15) is 13.2 Å². The molecule has 0 heterocycles. The zero-order valence-electron chi connectivity index (χ0n) is 45.5. The predicted molar refractivity (Wildman–Crippen MR) is 284 cm³/mol. The molecule has 0 N–H and O–H groups in total. The highest BCUT2D eigenvalue weighted by molar-refractivity contribution is 5.71. The summed E-state index contributed by atoms with van der Waals surface area (Å²) in [6, 6.07) is 0. The Bertz CT molecular complexity index is 1020. The fourth-order valence-corrected chi connectivity index (χ4v) is 9.14. The lowest BCUT2D eigenvalue weighted by molar-refractivity contribution is -0.167. The lowest BCUT2D eigenvalue weighted by Crippen LogP contribution is -2.30. The van der Waals surface area contributed by atoms with Crippen molar-refractivity contribution >= 4 is 17.9 Å². The van der Waals surface area contributed by atoms with Crippen LogP contribution in [-0.2, 0) is 28.6 Å². The molecule has 0 rings (SSSR count). The van der Waals surface area contributed by atoms with E-state index in [0.29, 0.717) is 19.3 Å². The number of hydrogen-bond donors (Lipinski definition) is 0. The van der Waals surface area contributed by atoms with E-state index in [0.717, 1.165) is 75.5 Å². The minimum Gasteiger partial charge on any atom is -0.462 e. The second-order valence-corrected chi connectivity index (χ2v) is 21.8. The number of carbonyl (C=O) groups excluding carboxylic acids is 3. The molecule has 0 fully saturated rings. The third-order valence-corrected chi connectivity index (χ3v) is 14.0. The van der Waals surface area contributed by atoms with E-state index in [2.05, 4.69) is 41.5 Å². The van der Waals surface area contributed by atoms with E-state index in [4.69, 9.17) is 14.2 Å². The first-order valence-corrected chi connectivity index (χ1v) is 29.6. The summed E-state index contributed by atoms with van der Waals surface area (Å²) in [5.74, 6) is 1.70. The quantitative estimate of drug-likeness (QED) is 0.0343. The summed E-state index contributed by atoms with van der Waals surface area (Å²) in [6.45, 7) is 13.8. The SMILES string of the molecule is CCC(C)CCCCCCCCCCCCCCCCC(=O)O[C@@H](COC(=O)CCCCCCCCCCCCCCCCCCC(C)C)COC(=O)CCCCCCCCCCC(C)C. The second kappa shape index (κ2) is 51.3. The van der Waals surface area contributed by atoms with E-state index in [9.17, 15) is 14.4 Å². The van der Waals surface area contributed by atoms with Crippen LogP contribution >= 0.6 is 0 Å². The maximum Gasteiger partial charge on any atom is 0.306 e. The van der Waals surface area contributed by atoms with Gasteiger partial charge in [-0.05, 0) is 37.0 Å². The van der Waals surface area contributed by atoms with Crippen LogP contribution in [0.5, 0.6) is 0 Å². The van der Waals surface area contributed by atoms with Crippen molar-refractivity contribution in [3.8, 4) is 0 Å². The molecule has 1 unspecified atom stereocenters. The fourth-order valence-electron chi connectivity index (χ4n) is 9.14. The predicted octanol–water partition coefficient (Wildman–Crippen LogP) is 19.5. The molecule has 2 atom stereocenters. The third-order valence-electron chi connectivity index (χ3n) is 14.0. The topological polar surface area (TPSA) is 78.9 Å². The average Bonchev–Trinajstić information content (AvgIpc) is 3.29. The third kappa shape index (κ3) is 51.8. The van der Waals surface area contributed by atoms with Gasteiger partial charge in [0.05, 0.1) is 0 Å². The van der Waals surface area contributed by atoms with Crippen molar-refractivity contribution in [1.82, 2.24) is 0 Å². The van der Waals surface area contributed by atoms with E-state index >= 15 is 0 Å². The second-order valence-electron chi connectivity index (χ2n) is 21.8. The van der Waals surface area contributed by atoms with Crippen molar-refractivity contribution in [2.75, 3.05) is 13.2 Å². The van der Waals surface area contributed by atoms with E-state index in [1.165, 1.54) is 212 Å². The highest BCUT2D eigenvalue weighted by Crippen LogP contribution is 2.19. The van der Waals surface area contributed by atoms with Crippen molar-refractivity contribution in [1.29, 1.82) is 0 Å². The Hall–Kier alpha value is -1.59. The summed E-state index contributed by atoms with van der Waals surface area (Å²) < 4.78 is 16.9. The van der Waals surface area contributed by atoms with Crippen LogP contribution in [-0.4, -0.2) is 37.2 Å². The zero-order valence-corrected chi connectivity index (χ0v) is 45.5. The molecule has 0 aromatic rings. The molecule has 0 spiro atoms. The van der Waals surface area contributed by atoms with Crippen LogP contribution in [0.1, 0.15) is 330 Å². The summed E-state index contributed by atoms with van der Waals surface area (Å²) >= 11 is 0. The molecule has 0 aromatic carbocycles. The van der Waals surface area contributed by atoms with Gasteiger partial charge in [0.15, 0.2) is 6.10 Å². The number of hydrogen-bond acceptors (Lipinski definition) is 6. The van der Waals surface area contributed by atoms with Gasteiger partial charge < -0.3 is 14.2 Å². The molecule has 0 aliphatic rings. The highest BCUT2D eigenvalue weighted by Gasteiger charge is 2.19. The molecule has 0 amide bonds. The van der Waals surface area contributed by atoms with E-state index in [1.807, 2.05) is 0 Å². The van der Waals surface area contributed by atoms with E-state index in [1.54, 1.807) is 0 Å². The molecular weight excluding hydrogens is 817 g/mol. The van der Waals surface area contributed by atoms with Crippen LogP contribution < -0.4 is 0 Å². The van der Waals surface area contributed by atoms with Crippen molar-refractivity contribution in [3.63, 3.8) is 0 Å². The minimum atomic E-state index is -0.764. The first-order chi connectivity index (χ1) is 32.1. The van der Waals surface area contributed by atoms with Gasteiger partial charge in [-0.15, -0.1) is 0 Å². The Kier molecular flexibility index (Phi) is 50.0. The molecule has 0 saturated carbocycles. The van der Waals surface area contributed by atoms with E-state index in [-0.39, 0.29) is 31.1 Å². The van der Waals surface area contributed by atoms with Crippen LogP contribution in [0, 0.1) is 17.8 Å². The summed E-state index contributed by atoms with van der Waals surface area (Å²) in [5, 5.41) is 0. The van der Waals surface area contributed by atoms with Crippen LogP contribution in [0.25, 0.3) is 0 Å². The Labute approximate surface area is 412 Å². The lowest BCUT2D eigenvalue weighted by Gasteiger charge is -2.18. The van der Waals surface area contributed by atoms with Crippen LogP contribution in [0.2, 0.25) is 0 Å². The molecule has 0 aliphatic carbocycles. The smallest absolute Gasteiger partial charge is 0.306 e. The molecule has 0 bridgehead atoms. The summed E-state index contributed by atoms with van der Waals surface area (Å²) in [5.41, 5.74) is 0. The van der Waals surface area contributed by atoms with Crippen molar-refractivity contribution < 1.29 is 28.6 Å². The number of unbranched alkanes of at least 4 members (excludes halogenated alkanes) is 35. The Morgan fingerprint density at radius 1 is 0.303 bits per heavy atom. The van der Waals surface area contributed by atoms with Gasteiger partial charge in [0.25, 0.3) is 0 Å². The van der Waals surface area contributed by atoms with Gasteiger partial charge in [-0.25, -0.2) is 0 Å². The average molecular weight is 934 g/mol. The van der Waals surface area contributed by atoms with Gasteiger partial charge in [0.2, 0.25) is 0 Å². The van der Waals surface area contributed by atoms with Gasteiger partial charge in [-0.2, -0.15) is 0 Å². The molecule has 0 aliphatic heterocycles. The summed E-state index contributed by atoms with van der Waals surface area (Å²) in [7, 11) is 0. The first kappa shape index (κ1) is 64.4. The van der Waals surface area contributed by atoms with E-state index < -0.39 is 6.10 Å². The molecule has 0 saturated heterocycles. The standard InChI is InChI=1S/C60H116O6/c1-7-56(6)48-42-36-30-23-19-15-12-13-17-21-25-33-39-45-51-60(63)66-57(53-65-59(62)50-44-38-32-27-26-29-35-41-47-55(4)5)52-64-58(61)49-43-37-31-24-20-16-11-9-8-10-14-18-22-28-34-40-46-54(2)3/h54-57H,7-53H2,1-6H3/t56?,57-/m0/s1. The van der Waals surface area contributed by atoms with Gasteiger partial charge >= 0.3 is 17.9 Å². The Morgan fingerprint density at radius 2 is 0.530 bits per heavy atom. The number of rotatable bonds is 53. The van der Waals surface area contributed by atoms with Gasteiger partial charge in [-0.3, -0.25) is 14.4 Å². The maximum atomic E-state index is 12.9. The molecule has 0 radical (unpaired) electrons. The van der Waals surface area contributed by atoms with Crippen LogP contribution in [0.15, 0.2) is 0 Å².